The Bertz CT molecular complexity index is 317. The summed E-state index contributed by atoms with van der Waals surface area (Å²) in [4.78, 5) is 32.8. The van der Waals surface area contributed by atoms with E-state index < -0.39 is 12.0 Å². The Hall–Kier alpha value is -1.24. The normalized spacial score (nSPS) is 16.1. The Morgan fingerprint density at radius 2 is 2.06 bits per heavy atom. The number of hydrogen-bond donors (Lipinski definition) is 3. The Balaban J connectivity index is 2.18. The molecule has 0 radical (unpaired) electrons. The maximum Gasteiger partial charge on any atom is 0.327 e. The van der Waals surface area contributed by atoms with Gasteiger partial charge >= 0.3 is 5.97 Å². The number of thioether (sulfide) groups is 1. The molecule has 2 amide bonds. The van der Waals surface area contributed by atoms with Crippen molar-refractivity contribution in [3.8, 4) is 0 Å². The van der Waals surface area contributed by atoms with Crippen LogP contribution in [0.15, 0.2) is 0 Å². The topological polar surface area (TPSA) is 95.5 Å². The Morgan fingerprint density at radius 3 is 2.53 bits per heavy atom. The number of carbonyl (C=O) groups excluding carboxylic acids is 2. The van der Waals surface area contributed by atoms with Gasteiger partial charge in [0.25, 0.3) is 0 Å². The van der Waals surface area contributed by atoms with Crippen LogP contribution in [0.2, 0.25) is 0 Å². The van der Waals surface area contributed by atoms with E-state index in [9.17, 15) is 14.4 Å². The van der Waals surface area contributed by atoms with Gasteiger partial charge < -0.3 is 15.7 Å². The molecule has 0 heterocycles. The number of carboxylic acid groups (broad SMARTS) is 1. The van der Waals surface area contributed by atoms with Crippen LogP contribution in [0.3, 0.4) is 0 Å². The summed E-state index contributed by atoms with van der Waals surface area (Å²) in [6, 6.07) is -0.625. The van der Waals surface area contributed by atoms with Crippen LogP contribution >= 0.6 is 11.8 Å². The fourth-order valence-corrected chi connectivity index (χ4v) is 2.03. The van der Waals surface area contributed by atoms with Gasteiger partial charge in [0.2, 0.25) is 11.8 Å². The first-order chi connectivity index (χ1) is 7.99. The highest BCUT2D eigenvalue weighted by Gasteiger charge is 2.23. The number of rotatable bonds is 7. The summed E-state index contributed by atoms with van der Waals surface area (Å²) in [6.45, 7) is 1.26. The van der Waals surface area contributed by atoms with Crippen molar-refractivity contribution < 1.29 is 19.5 Å². The zero-order chi connectivity index (χ0) is 12.8. The van der Waals surface area contributed by atoms with E-state index in [4.69, 9.17) is 5.11 Å². The third kappa shape index (κ3) is 6.15. The predicted octanol–water partition coefficient (Wildman–Crippen LogP) is -0.412. The third-order valence-electron chi connectivity index (χ3n) is 2.14. The molecule has 96 valence electrons. The van der Waals surface area contributed by atoms with Crippen molar-refractivity contribution in [2.75, 3.05) is 11.5 Å². The van der Waals surface area contributed by atoms with Gasteiger partial charge in [0.05, 0.1) is 5.75 Å². The van der Waals surface area contributed by atoms with E-state index >= 15 is 0 Å². The molecule has 1 fully saturated rings. The largest absolute Gasteiger partial charge is 0.480 e. The molecule has 0 aliphatic heterocycles. The molecule has 1 saturated carbocycles. The van der Waals surface area contributed by atoms with Crippen molar-refractivity contribution in [1.82, 2.24) is 10.6 Å². The Morgan fingerprint density at radius 1 is 1.41 bits per heavy atom. The number of aliphatic carboxylic acids is 1. The molecule has 0 aromatic heterocycles. The van der Waals surface area contributed by atoms with E-state index in [-0.39, 0.29) is 23.3 Å². The molecule has 1 rings (SSSR count). The molecule has 1 aliphatic rings. The van der Waals surface area contributed by atoms with Crippen LogP contribution in [-0.2, 0) is 14.4 Å². The first-order valence-corrected chi connectivity index (χ1v) is 6.51. The number of carboxylic acids is 1. The van der Waals surface area contributed by atoms with E-state index in [1.54, 1.807) is 0 Å². The standard InChI is InChI=1S/C10H16N2O4S/c1-6(13)11-8(10(15)16)4-17-5-9(14)12-7-2-3-7/h7-8H,2-5H2,1H3,(H,11,13)(H,12,14)(H,15,16)/t8-/m0/s1. The summed E-state index contributed by atoms with van der Waals surface area (Å²) in [5.41, 5.74) is 0. The average Bonchev–Trinajstić information content (AvgIpc) is 2.99. The van der Waals surface area contributed by atoms with Crippen molar-refractivity contribution in [3.63, 3.8) is 0 Å². The van der Waals surface area contributed by atoms with Crippen LogP contribution in [0.4, 0.5) is 0 Å². The lowest BCUT2D eigenvalue weighted by Gasteiger charge is -2.12. The average molecular weight is 260 g/mol. The van der Waals surface area contributed by atoms with E-state index in [0.29, 0.717) is 6.04 Å². The van der Waals surface area contributed by atoms with Crippen LogP contribution in [-0.4, -0.2) is 46.5 Å². The van der Waals surface area contributed by atoms with Gasteiger partial charge in [-0.25, -0.2) is 4.79 Å². The molecule has 1 aliphatic carbocycles. The second kappa shape index (κ2) is 6.48. The molecule has 0 aromatic carbocycles. The van der Waals surface area contributed by atoms with Crippen LogP contribution < -0.4 is 10.6 Å². The van der Waals surface area contributed by atoms with Crippen LogP contribution in [0.5, 0.6) is 0 Å². The summed E-state index contributed by atoms with van der Waals surface area (Å²) in [7, 11) is 0. The molecule has 1 atom stereocenters. The van der Waals surface area contributed by atoms with Crippen molar-refractivity contribution >= 4 is 29.5 Å². The second-order valence-electron chi connectivity index (χ2n) is 3.95. The van der Waals surface area contributed by atoms with Crippen molar-refractivity contribution in [2.45, 2.75) is 31.8 Å². The molecule has 0 unspecified atom stereocenters. The lowest BCUT2D eigenvalue weighted by atomic mass is 10.3. The molecule has 3 N–H and O–H groups in total. The van der Waals surface area contributed by atoms with E-state index in [1.165, 1.54) is 18.7 Å². The lowest BCUT2D eigenvalue weighted by molar-refractivity contribution is -0.140. The minimum atomic E-state index is -1.09. The van der Waals surface area contributed by atoms with Gasteiger partial charge in [0, 0.05) is 18.7 Å². The first-order valence-electron chi connectivity index (χ1n) is 5.36. The van der Waals surface area contributed by atoms with Gasteiger partial charge in [0.15, 0.2) is 0 Å². The van der Waals surface area contributed by atoms with Crippen molar-refractivity contribution in [1.29, 1.82) is 0 Å². The Kier molecular flexibility index (Phi) is 5.27. The first kappa shape index (κ1) is 13.8. The molecule has 17 heavy (non-hydrogen) atoms. The molecular formula is C10H16N2O4S. The summed E-state index contributed by atoms with van der Waals surface area (Å²) < 4.78 is 0. The molecule has 7 heteroatoms. The number of carbonyl (C=O) groups is 3. The lowest BCUT2D eigenvalue weighted by Crippen LogP contribution is -2.41. The fraction of sp³-hybridized carbons (Fsp3) is 0.700. The maximum absolute atomic E-state index is 11.3. The fourth-order valence-electron chi connectivity index (χ4n) is 1.19. The second-order valence-corrected chi connectivity index (χ2v) is 4.98. The smallest absolute Gasteiger partial charge is 0.327 e. The predicted molar refractivity (Wildman–Crippen MR) is 63.7 cm³/mol. The molecule has 0 bridgehead atoms. The zero-order valence-electron chi connectivity index (χ0n) is 9.56. The molecule has 0 spiro atoms. The molecule has 0 aromatic rings. The van der Waals surface area contributed by atoms with Gasteiger partial charge in [0.1, 0.15) is 6.04 Å². The monoisotopic (exact) mass is 260 g/mol. The third-order valence-corrected chi connectivity index (χ3v) is 3.17. The van der Waals surface area contributed by atoms with Gasteiger partial charge in [-0.15, -0.1) is 11.8 Å². The van der Waals surface area contributed by atoms with Crippen LogP contribution in [0, 0.1) is 0 Å². The van der Waals surface area contributed by atoms with E-state index in [1.807, 2.05) is 0 Å². The summed E-state index contributed by atoms with van der Waals surface area (Å²) in [6.07, 6.45) is 2.06. The van der Waals surface area contributed by atoms with Crippen LogP contribution in [0.25, 0.3) is 0 Å². The van der Waals surface area contributed by atoms with Crippen molar-refractivity contribution in [3.05, 3.63) is 0 Å². The van der Waals surface area contributed by atoms with Gasteiger partial charge in [-0.05, 0) is 12.8 Å². The summed E-state index contributed by atoms with van der Waals surface area (Å²) in [5, 5.41) is 13.9. The van der Waals surface area contributed by atoms with Crippen LogP contribution in [0.1, 0.15) is 19.8 Å². The zero-order valence-corrected chi connectivity index (χ0v) is 10.4. The highest BCUT2D eigenvalue weighted by atomic mass is 32.2. The maximum atomic E-state index is 11.3. The summed E-state index contributed by atoms with van der Waals surface area (Å²) >= 11 is 1.20. The quantitative estimate of drug-likeness (QED) is 0.578. The molecule has 6 nitrogen and oxygen atoms in total. The summed E-state index contributed by atoms with van der Waals surface area (Å²) in [5.74, 6) is -1.15. The SMILES string of the molecule is CC(=O)N[C@@H](CSCC(=O)NC1CC1)C(=O)O. The number of hydrogen-bond acceptors (Lipinski definition) is 4. The highest BCUT2D eigenvalue weighted by Crippen LogP contribution is 2.18. The molecule has 0 saturated heterocycles. The minimum absolute atomic E-state index is 0.0792. The van der Waals surface area contributed by atoms with E-state index in [2.05, 4.69) is 10.6 Å². The minimum Gasteiger partial charge on any atom is -0.480 e. The van der Waals surface area contributed by atoms with Crippen molar-refractivity contribution in [2.24, 2.45) is 0 Å². The highest BCUT2D eigenvalue weighted by molar-refractivity contribution is 8.00. The van der Waals surface area contributed by atoms with Gasteiger partial charge in [-0.1, -0.05) is 0 Å². The number of amides is 2. The number of nitrogens with one attached hydrogen (secondary N) is 2. The molecular weight excluding hydrogens is 244 g/mol. The van der Waals surface area contributed by atoms with E-state index in [0.717, 1.165) is 12.8 Å². The van der Waals surface area contributed by atoms with Gasteiger partial charge in [-0.2, -0.15) is 0 Å². The Labute approximate surface area is 104 Å². The van der Waals surface area contributed by atoms with Gasteiger partial charge in [-0.3, -0.25) is 9.59 Å².